The van der Waals surface area contributed by atoms with Crippen molar-refractivity contribution in [2.45, 2.75) is 17.7 Å². The number of ether oxygens (including phenoxy) is 1. The zero-order valence-corrected chi connectivity index (χ0v) is 18.5. The van der Waals surface area contributed by atoms with Gasteiger partial charge in [-0.1, -0.05) is 30.3 Å². The van der Waals surface area contributed by atoms with Gasteiger partial charge in [-0.2, -0.15) is 4.31 Å². The summed E-state index contributed by atoms with van der Waals surface area (Å²) >= 11 is 0. The van der Waals surface area contributed by atoms with Gasteiger partial charge in [0.1, 0.15) is 5.75 Å². The molecule has 1 aliphatic rings. The Hall–Kier alpha value is -2.90. The smallest absolute Gasteiger partial charge is 0.243 e. The highest BCUT2D eigenvalue weighted by molar-refractivity contribution is 7.89. The predicted molar refractivity (Wildman–Crippen MR) is 122 cm³/mol. The minimum Gasteiger partial charge on any atom is -0.497 e. The number of sulfonamides is 1. The second-order valence-corrected chi connectivity index (χ2v) is 9.72. The molecule has 1 saturated heterocycles. The van der Waals surface area contributed by atoms with E-state index >= 15 is 0 Å². The van der Waals surface area contributed by atoms with Crippen LogP contribution < -0.4 is 9.64 Å². The molecule has 0 aliphatic carbocycles. The van der Waals surface area contributed by atoms with Crippen LogP contribution in [0.25, 0.3) is 10.8 Å². The average Bonchev–Trinajstić information content (AvgIpc) is 2.83. The van der Waals surface area contributed by atoms with Crippen LogP contribution >= 0.6 is 0 Å². The van der Waals surface area contributed by atoms with Crippen LogP contribution in [-0.4, -0.2) is 45.9 Å². The number of amides is 1. The van der Waals surface area contributed by atoms with E-state index in [0.717, 1.165) is 16.5 Å². The standard InChI is InChI=1S/C24H26N2O4S/c1-25(21-8-7-18-5-3-4-6-20(18)17-21)24(27)19-13-15-26(16-14-19)31(28,29)23-11-9-22(30-2)10-12-23/h3-12,17,19H,13-16H2,1-2H3. The number of fused-ring (bicyclic) bond motifs is 1. The lowest BCUT2D eigenvalue weighted by Crippen LogP contribution is -2.43. The number of carbonyl (C=O) groups is 1. The minimum atomic E-state index is -3.58. The number of rotatable bonds is 5. The molecule has 1 aliphatic heterocycles. The van der Waals surface area contributed by atoms with Crippen molar-refractivity contribution in [1.29, 1.82) is 0 Å². The van der Waals surface area contributed by atoms with Crippen LogP contribution in [0.3, 0.4) is 0 Å². The zero-order valence-electron chi connectivity index (χ0n) is 17.7. The summed E-state index contributed by atoms with van der Waals surface area (Å²) in [6.45, 7) is 0.659. The first-order chi connectivity index (χ1) is 14.9. The molecule has 0 aromatic heterocycles. The zero-order chi connectivity index (χ0) is 22.0. The van der Waals surface area contributed by atoms with Gasteiger partial charge >= 0.3 is 0 Å². The van der Waals surface area contributed by atoms with E-state index in [-0.39, 0.29) is 16.7 Å². The first kappa shape index (κ1) is 21.3. The maximum Gasteiger partial charge on any atom is 0.243 e. The molecule has 31 heavy (non-hydrogen) atoms. The van der Waals surface area contributed by atoms with Crippen LogP contribution in [0.15, 0.2) is 71.6 Å². The largest absolute Gasteiger partial charge is 0.497 e. The Bertz CT molecular complexity index is 1180. The number of carbonyl (C=O) groups excluding carboxylic acids is 1. The molecule has 0 unspecified atom stereocenters. The Morgan fingerprint density at radius 1 is 0.968 bits per heavy atom. The number of hydrogen-bond acceptors (Lipinski definition) is 4. The van der Waals surface area contributed by atoms with E-state index in [1.165, 1.54) is 4.31 Å². The first-order valence-electron chi connectivity index (χ1n) is 10.3. The molecular formula is C24H26N2O4S. The van der Waals surface area contributed by atoms with Crippen LogP contribution in [0.1, 0.15) is 12.8 Å². The Labute approximate surface area is 183 Å². The van der Waals surface area contributed by atoms with E-state index < -0.39 is 10.0 Å². The monoisotopic (exact) mass is 438 g/mol. The third-order valence-electron chi connectivity index (χ3n) is 5.95. The molecule has 3 aromatic rings. The number of nitrogens with zero attached hydrogens (tertiary/aromatic N) is 2. The van der Waals surface area contributed by atoms with Crippen molar-refractivity contribution in [2.24, 2.45) is 5.92 Å². The van der Waals surface area contributed by atoms with Gasteiger partial charge in [-0.15, -0.1) is 0 Å². The van der Waals surface area contributed by atoms with Gasteiger partial charge < -0.3 is 9.64 Å². The molecule has 1 fully saturated rings. The van der Waals surface area contributed by atoms with Crippen LogP contribution in [-0.2, 0) is 14.8 Å². The van der Waals surface area contributed by atoms with Crippen molar-refractivity contribution in [2.75, 3.05) is 32.1 Å². The quantitative estimate of drug-likeness (QED) is 0.606. The first-order valence-corrected chi connectivity index (χ1v) is 11.7. The minimum absolute atomic E-state index is 0.0248. The Morgan fingerprint density at radius 3 is 2.26 bits per heavy atom. The number of benzene rings is 3. The lowest BCUT2D eigenvalue weighted by atomic mass is 9.96. The molecule has 0 saturated carbocycles. The highest BCUT2D eigenvalue weighted by Gasteiger charge is 2.33. The fraction of sp³-hybridized carbons (Fsp3) is 0.292. The molecule has 0 N–H and O–H groups in total. The molecule has 1 amide bonds. The van der Waals surface area contributed by atoms with Gasteiger partial charge in [0.25, 0.3) is 0 Å². The van der Waals surface area contributed by atoms with E-state index in [4.69, 9.17) is 4.74 Å². The molecule has 0 spiro atoms. The van der Waals surface area contributed by atoms with Gasteiger partial charge in [0, 0.05) is 31.7 Å². The van der Waals surface area contributed by atoms with Gasteiger partial charge in [-0.3, -0.25) is 4.79 Å². The van der Waals surface area contributed by atoms with Gasteiger partial charge in [0.05, 0.1) is 12.0 Å². The summed E-state index contributed by atoms with van der Waals surface area (Å²) in [5.41, 5.74) is 0.844. The van der Waals surface area contributed by atoms with Crippen LogP contribution in [0.2, 0.25) is 0 Å². The summed E-state index contributed by atoms with van der Waals surface area (Å²) in [6, 6.07) is 20.4. The summed E-state index contributed by atoms with van der Waals surface area (Å²) in [7, 11) is -0.253. The van der Waals surface area contributed by atoms with Gasteiger partial charge in [0.2, 0.25) is 15.9 Å². The highest BCUT2D eigenvalue weighted by atomic mass is 32.2. The molecular weight excluding hydrogens is 412 g/mol. The second-order valence-electron chi connectivity index (χ2n) is 7.78. The number of methoxy groups -OCH3 is 1. The summed E-state index contributed by atoms with van der Waals surface area (Å²) in [5, 5.41) is 2.21. The second kappa shape index (κ2) is 8.69. The molecule has 0 radical (unpaired) electrons. The van der Waals surface area contributed by atoms with E-state index in [1.807, 2.05) is 42.5 Å². The van der Waals surface area contributed by atoms with Gasteiger partial charge in [0.15, 0.2) is 0 Å². The van der Waals surface area contributed by atoms with Crippen molar-refractivity contribution in [1.82, 2.24) is 4.31 Å². The summed E-state index contributed by atoms with van der Waals surface area (Å²) in [4.78, 5) is 15.0. The van der Waals surface area contributed by atoms with Crippen molar-refractivity contribution >= 4 is 32.4 Å². The topological polar surface area (TPSA) is 66.9 Å². The Balaban J connectivity index is 1.42. The SMILES string of the molecule is COc1ccc(S(=O)(=O)N2CCC(C(=O)N(C)c3ccc4ccccc4c3)CC2)cc1. The molecule has 4 rings (SSSR count). The van der Waals surface area contributed by atoms with Crippen molar-refractivity contribution in [3.05, 3.63) is 66.7 Å². The highest BCUT2D eigenvalue weighted by Crippen LogP contribution is 2.28. The van der Waals surface area contributed by atoms with E-state index in [1.54, 1.807) is 43.3 Å². The summed E-state index contributed by atoms with van der Waals surface area (Å²) in [6.07, 6.45) is 1.01. The van der Waals surface area contributed by atoms with Crippen molar-refractivity contribution in [3.63, 3.8) is 0 Å². The predicted octanol–water partition coefficient (Wildman–Crippen LogP) is 3.91. The van der Waals surface area contributed by atoms with Gasteiger partial charge in [-0.25, -0.2) is 8.42 Å². The number of anilines is 1. The molecule has 162 valence electrons. The van der Waals surface area contributed by atoms with Crippen molar-refractivity contribution < 1.29 is 17.9 Å². The molecule has 1 heterocycles. The fourth-order valence-electron chi connectivity index (χ4n) is 4.03. The summed E-state index contributed by atoms with van der Waals surface area (Å²) < 4.78 is 32.4. The van der Waals surface area contributed by atoms with Crippen molar-refractivity contribution in [3.8, 4) is 5.75 Å². The number of hydrogen-bond donors (Lipinski definition) is 0. The maximum absolute atomic E-state index is 13.1. The van der Waals surface area contributed by atoms with Crippen LogP contribution in [0.4, 0.5) is 5.69 Å². The number of piperidine rings is 1. The molecule has 0 atom stereocenters. The molecule has 3 aromatic carbocycles. The fourth-order valence-corrected chi connectivity index (χ4v) is 5.50. The summed E-state index contributed by atoms with van der Waals surface area (Å²) in [5.74, 6) is 0.440. The third kappa shape index (κ3) is 4.29. The average molecular weight is 439 g/mol. The van der Waals surface area contributed by atoms with Crippen LogP contribution in [0.5, 0.6) is 5.75 Å². The molecule has 7 heteroatoms. The maximum atomic E-state index is 13.1. The molecule has 6 nitrogen and oxygen atoms in total. The normalized spacial score (nSPS) is 15.7. The van der Waals surface area contributed by atoms with Gasteiger partial charge in [-0.05, 0) is 60.0 Å². The van der Waals surface area contributed by atoms with E-state index in [0.29, 0.717) is 31.7 Å². The van der Waals surface area contributed by atoms with Crippen LogP contribution in [0, 0.1) is 5.92 Å². The lowest BCUT2D eigenvalue weighted by Gasteiger charge is -2.32. The third-order valence-corrected chi connectivity index (χ3v) is 7.86. The molecule has 0 bridgehead atoms. The van der Waals surface area contributed by atoms with E-state index in [2.05, 4.69) is 0 Å². The van der Waals surface area contributed by atoms with E-state index in [9.17, 15) is 13.2 Å². The Kier molecular flexibility index (Phi) is 5.98. The lowest BCUT2D eigenvalue weighted by molar-refractivity contribution is -0.123. The Morgan fingerprint density at radius 2 is 1.61 bits per heavy atom.